The van der Waals surface area contributed by atoms with Crippen LogP contribution < -0.4 is 5.32 Å². The van der Waals surface area contributed by atoms with Crippen LogP contribution in [0, 0.1) is 18.6 Å². The lowest BCUT2D eigenvalue weighted by Crippen LogP contribution is -2.13. The van der Waals surface area contributed by atoms with Crippen LogP contribution in [0.2, 0.25) is 0 Å². The monoisotopic (exact) mass is 238 g/mol. The molecule has 1 aromatic heterocycles. The van der Waals surface area contributed by atoms with Crippen molar-refractivity contribution >= 4 is 0 Å². The second-order valence-corrected chi connectivity index (χ2v) is 3.77. The summed E-state index contributed by atoms with van der Waals surface area (Å²) in [5, 5.41) is 6.73. The number of benzene rings is 1. The van der Waals surface area contributed by atoms with Crippen LogP contribution in [0.15, 0.2) is 28.8 Å². The average Bonchev–Trinajstić information content (AvgIpc) is 2.68. The molecule has 0 spiro atoms. The van der Waals surface area contributed by atoms with Gasteiger partial charge in [0.05, 0.1) is 12.2 Å². The fourth-order valence-electron chi connectivity index (χ4n) is 1.49. The maximum Gasteiger partial charge on any atom is 0.150 e. The highest BCUT2D eigenvalue weighted by Crippen LogP contribution is 2.09. The third-order valence-electron chi connectivity index (χ3n) is 2.31. The zero-order chi connectivity index (χ0) is 12.3. The lowest BCUT2D eigenvalue weighted by atomic mass is 10.2. The first-order valence-corrected chi connectivity index (χ1v) is 5.22. The van der Waals surface area contributed by atoms with Crippen molar-refractivity contribution in [3.63, 3.8) is 0 Å². The predicted molar refractivity (Wildman–Crippen MR) is 58.1 cm³/mol. The van der Waals surface area contributed by atoms with Gasteiger partial charge in [0.1, 0.15) is 11.6 Å². The molecule has 1 heterocycles. The molecule has 5 heteroatoms. The molecule has 90 valence electrons. The summed E-state index contributed by atoms with van der Waals surface area (Å²) in [7, 11) is 0. The zero-order valence-corrected chi connectivity index (χ0v) is 9.34. The molecule has 0 fully saturated rings. The minimum Gasteiger partial charge on any atom is -0.360 e. The predicted octanol–water partition coefficient (Wildman–Crippen LogP) is 2.55. The molecule has 0 unspecified atom stereocenters. The number of aryl methyl sites for hydroxylation is 1. The van der Waals surface area contributed by atoms with Crippen molar-refractivity contribution in [3.05, 3.63) is 52.9 Å². The van der Waals surface area contributed by atoms with Gasteiger partial charge in [0.2, 0.25) is 0 Å². The van der Waals surface area contributed by atoms with Gasteiger partial charge in [-0.05, 0) is 13.0 Å². The van der Waals surface area contributed by atoms with Gasteiger partial charge in [-0.25, -0.2) is 8.78 Å². The second kappa shape index (κ2) is 5.05. The molecule has 0 aliphatic carbocycles. The van der Waals surface area contributed by atoms with Crippen LogP contribution in [0.4, 0.5) is 8.78 Å². The number of rotatable bonds is 4. The standard InChI is InChI=1S/C12H12F2N2O/c1-8-4-11(17-16-8)7-15-6-9-2-3-10(13)5-12(9)14/h2-5,15H,6-7H2,1H3. The van der Waals surface area contributed by atoms with E-state index in [4.69, 9.17) is 4.52 Å². The van der Waals surface area contributed by atoms with Crippen LogP contribution in [0.25, 0.3) is 0 Å². The molecule has 0 radical (unpaired) electrons. The van der Waals surface area contributed by atoms with E-state index in [0.717, 1.165) is 11.8 Å². The number of nitrogens with zero attached hydrogens (tertiary/aromatic N) is 1. The van der Waals surface area contributed by atoms with E-state index in [9.17, 15) is 8.78 Å². The van der Waals surface area contributed by atoms with Crippen molar-refractivity contribution < 1.29 is 13.3 Å². The smallest absolute Gasteiger partial charge is 0.150 e. The molecular weight excluding hydrogens is 226 g/mol. The summed E-state index contributed by atoms with van der Waals surface area (Å²) in [5.74, 6) is -0.437. The van der Waals surface area contributed by atoms with Gasteiger partial charge in [-0.3, -0.25) is 0 Å². The minimum absolute atomic E-state index is 0.311. The van der Waals surface area contributed by atoms with Crippen molar-refractivity contribution in [2.45, 2.75) is 20.0 Å². The summed E-state index contributed by atoms with van der Waals surface area (Å²) in [4.78, 5) is 0. The van der Waals surface area contributed by atoms with E-state index in [1.165, 1.54) is 12.1 Å². The minimum atomic E-state index is -0.572. The molecule has 0 amide bonds. The Morgan fingerprint density at radius 2 is 2.06 bits per heavy atom. The van der Waals surface area contributed by atoms with Gasteiger partial charge in [0, 0.05) is 24.2 Å². The molecule has 0 atom stereocenters. The molecule has 17 heavy (non-hydrogen) atoms. The molecular formula is C12H12F2N2O. The highest BCUT2D eigenvalue weighted by molar-refractivity contribution is 5.18. The molecule has 0 saturated heterocycles. The first kappa shape index (κ1) is 11.7. The van der Waals surface area contributed by atoms with Gasteiger partial charge >= 0.3 is 0 Å². The van der Waals surface area contributed by atoms with E-state index in [1.54, 1.807) is 6.07 Å². The Bertz CT molecular complexity index is 511. The van der Waals surface area contributed by atoms with Crippen molar-refractivity contribution in [2.75, 3.05) is 0 Å². The quantitative estimate of drug-likeness (QED) is 0.889. The Morgan fingerprint density at radius 3 is 2.71 bits per heavy atom. The summed E-state index contributed by atoms with van der Waals surface area (Å²) in [6.07, 6.45) is 0. The number of aromatic nitrogens is 1. The largest absolute Gasteiger partial charge is 0.360 e. The molecule has 0 aliphatic heterocycles. The second-order valence-electron chi connectivity index (χ2n) is 3.77. The van der Waals surface area contributed by atoms with Gasteiger partial charge in [-0.15, -0.1) is 0 Å². The summed E-state index contributed by atoms with van der Waals surface area (Å²) < 4.78 is 30.9. The van der Waals surface area contributed by atoms with Crippen molar-refractivity contribution in [1.82, 2.24) is 10.5 Å². The number of hydrogen-bond acceptors (Lipinski definition) is 3. The van der Waals surface area contributed by atoms with Gasteiger partial charge in [0.15, 0.2) is 5.76 Å². The highest BCUT2D eigenvalue weighted by atomic mass is 19.1. The Labute approximate surface area is 97.4 Å². The van der Waals surface area contributed by atoms with E-state index >= 15 is 0 Å². The van der Waals surface area contributed by atoms with Gasteiger partial charge in [-0.1, -0.05) is 11.2 Å². The van der Waals surface area contributed by atoms with E-state index < -0.39 is 11.6 Å². The van der Waals surface area contributed by atoms with Crippen LogP contribution >= 0.6 is 0 Å². The van der Waals surface area contributed by atoms with Crippen LogP contribution in [0.5, 0.6) is 0 Å². The summed E-state index contributed by atoms with van der Waals surface area (Å²) in [6, 6.07) is 5.33. The Morgan fingerprint density at radius 1 is 1.24 bits per heavy atom. The van der Waals surface area contributed by atoms with E-state index in [2.05, 4.69) is 10.5 Å². The fraction of sp³-hybridized carbons (Fsp3) is 0.250. The normalized spacial score (nSPS) is 10.8. The summed E-state index contributed by atoms with van der Waals surface area (Å²) in [5.41, 5.74) is 1.22. The molecule has 0 bridgehead atoms. The average molecular weight is 238 g/mol. The van der Waals surface area contributed by atoms with Crippen molar-refractivity contribution in [2.24, 2.45) is 0 Å². The lowest BCUT2D eigenvalue weighted by molar-refractivity contribution is 0.369. The Kier molecular flexibility index (Phi) is 3.49. The number of nitrogens with one attached hydrogen (secondary N) is 1. The van der Waals surface area contributed by atoms with Gasteiger partial charge in [-0.2, -0.15) is 0 Å². The van der Waals surface area contributed by atoms with E-state index in [0.29, 0.717) is 24.4 Å². The number of halogens is 2. The number of hydrogen-bond donors (Lipinski definition) is 1. The zero-order valence-electron chi connectivity index (χ0n) is 9.34. The molecule has 0 aliphatic rings. The molecule has 0 saturated carbocycles. The maximum absolute atomic E-state index is 13.3. The van der Waals surface area contributed by atoms with E-state index in [1.807, 2.05) is 6.92 Å². The van der Waals surface area contributed by atoms with Gasteiger partial charge < -0.3 is 9.84 Å². The van der Waals surface area contributed by atoms with Crippen LogP contribution in [0.3, 0.4) is 0 Å². The lowest BCUT2D eigenvalue weighted by Gasteiger charge is -2.04. The molecule has 1 aromatic carbocycles. The molecule has 1 N–H and O–H groups in total. The van der Waals surface area contributed by atoms with Crippen LogP contribution in [-0.4, -0.2) is 5.16 Å². The van der Waals surface area contributed by atoms with Crippen LogP contribution in [0.1, 0.15) is 17.0 Å². The Balaban J connectivity index is 1.90. The molecule has 2 aromatic rings. The van der Waals surface area contributed by atoms with Gasteiger partial charge in [0.25, 0.3) is 0 Å². The first-order valence-electron chi connectivity index (χ1n) is 5.22. The summed E-state index contributed by atoms with van der Waals surface area (Å²) in [6.45, 7) is 2.59. The highest BCUT2D eigenvalue weighted by Gasteiger charge is 2.04. The Hall–Kier alpha value is -1.75. The third-order valence-corrected chi connectivity index (χ3v) is 2.31. The topological polar surface area (TPSA) is 38.1 Å². The van der Waals surface area contributed by atoms with Crippen LogP contribution in [-0.2, 0) is 13.1 Å². The molecule has 3 nitrogen and oxygen atoms in total. The van der Waals surface area contributed by atoms with E-state index in [-0.39, 0.29) is 0 Å². The first-order chi connectivity index (χ1) is 8.15. The maximum atomic E-state index is 13.3. The third kappa shape index (κ3) is 3.10. The van der Waals surface area contributed by atoms with Crippen molar-refractivity contribution in [3.8, 4) is 0 Å². The van der Waals surface area contributed by atoms with Crippen molar-refractivity contribution in [1.29, 1.82) is 0 Å². The SMILES string of the molecule is Cc1cc(CNCc2ccc(F)cc2F)on1. The summed E-state index contributed by atoms with van der Waals surface area (Å²) >= 11 is 0. The molecule has 2 rings (SSSR count). The fourth-order valence-corrected chi connectivity index (χ4v) is 1.49.